The standard InChI is InChI=1S/C13H19F3N2O/c1-2-17-7-11-12(19-8-18-11)9-3-5-10(6-4-9)13(14,15)16/h8-10,17H,2-7H2,1H3. The van der Waals surface area contributed by atoms with Crippen LogP contribution in [0.3, 0.4) is 0 Å². The van der Waals surface area contributed by atoms with Gasteiger partial charge in [0.2, 0.25) is 0 Å². The summed E-state index contributed by atoms with van der Waals surface area (Å²) >= 11 is 0. The van der Waals surface area contributed by atoms with E-state index < -0.39 is 12.1 Å². The van der Waals surface area contributed by atoms with Crippen LogP contribution in [0, 0.1) is 5.92 Å². The van der Waals surface area contributed by atoms with Crippen LogP contribution in [0.25, 0.3) is 0 Å². The Morgan fingerprint density at radius 2 is 2.00 bits per heavy atom. The Morgan fingerprint density at radius 1 is 1.32 bits per heavy atom. The van der Waals surface area contributed by atoms with Crippen LogP contribution in [-0.2, 0) is 6.54 Å². The van der Waals surface area contributed by atoms with Gasteiger partial charge in [0.1, 0.15) is 5.76 Å². The summed E-state index contributed by atoms with van der Waals surface area (Å²) in [7, 11) is 0. The van der Waals surface area contributed by atoms with E-state index in [-0.39, 0.29) is 18.8 Å². The van der Waals surface area contributed by atoms with Crippen LogP contribution in [0.4, 0.5) is 13.2 Å². The number of hydrogen-bond acceptors (Lipinski definition) is 3. The zero-order valence-corrected chi connectivity index (χ0v) is 11.0. The highest BCUT2D eigenvalue weighted by molar-refractivity contribution is 5.13. The highest BCUT2D eigenvalue weighted by atomic mass is 19.4. The molecule has 6 heteroatoms. The minimum atomic E-state index is -4.06. The number of aromatic nitrogens is 1. The van der Waals surface area contributed by atoms with Gasteiger partial charge in [-0.2, -0.15) is 13.2 Å². The van der Waals surface area contributed by atoms with Crippen molar-refractivity contribution < 1.29 is 17.6 Å². The Morgan fingerprint density at radius 3 is 2.58 bits per heavy atom. The van der Waals surface area contributed by atoms with Crippen molar-refractivity contribution in [3.8, 4) is 0 Å². The van der Waals surface area contributed by atoms with Gasteiger partial charge in [-0.1, -0.05) is 6.92 Å². The molecule has 19 heavy (non-hydrogen) atoms. The minimum Gasteiger partial charge on any atom is -0.448 e. The lowest BCUT2D eigenvalue weighted by Crippen LogP contribution is -2.27. The second-order valence-corrected chi connectivity index (χ2v) is 5.03. The third kappa shape index (κ3) is 3.49. The Bertz CT molecular complexity index is 395. The number of nitrogens with one attached hydrogen (secondary N) is 1. The smallest absolute Gasteiger partial charge is 0.391 e. The van der Waals surface area contributed by atoms with E-state index in [1.165, 1.54) is 6.39 Å². The summed E-state index contributed by atoms with van der Waals surface area (Å²) < 4.78 is 43.2. The average molecular weight is 276 g/mol. The molecule has 1 aliphatic rings. The van der Waals surface area contributed by atoms with Gasteiger partial charge < -0.3 is 9.73 Å². The number of alkyl halides is 3. The molecule has 0 spiro atoms. The first-order valence-corrected chi connectivity index (χ1v) is 6.72. The molecule has 0 atom stereocenters. The maximum Gasteiger partial charge on any atom is 0.391 e. The van der Waals surface area contributed by atoms with Crippen LogP contribution in [0.5, 0.6) is 0 Å². The summed E-state index contributed by atoms with van der Waals surface area (Å²) in [5.41, 5.74) is 0.831. The first-order valence-electron chi connectivity index (χ1n) is 6.72. The molecule has 0 aromatic carbocycles. The molecular formula is C13H19F3N2O. The Labute approximate surface area is 110 Å². The fraction of sp³-hybridized carbons (Fsp3) is 0.769. The lowest BCUT2D eigenvalue weighted by atomic mass is 9.80. The summed E-state index contributed by atoms with van der Waals surface area (Å²) in [6, 6.07) is 0. The number of nitrogens with zero attached hydrogens (tertiary/aromatic N) is 1. The zero-order valence-electron chi connectivity index (χ0n) is 11.0. The van der Waals surface area contributed by atoms with Crippen molar-refractivity contribution in [2.24, 2.45) is 5.92 Å². The predicted octanol–water partition coefficient (Wildman–Crippen LogP) is 3.62. The van der Waals surface area contributed by atoms with Crippen molar-refractivity contribution in [3.63, 3.8) is 0 Å². The molecule has 0 bridgehead atoms. The predicted molar refractivity (Wildman–Crippen MR) is 64.6 cm³/mol. The van der Waals surface area contributed by atoms with E-state index >= 15 is 0 Å². The normalized spacial score (nSPS) is 24.6. The van der Waals surface area contributed by atoms with E-state index in [1.54, 1.807) is 0 Å². The first kappa shape index (κ1) is 14.4. The molecule has 2 rings (SSSR count). The molecule has 1 heterocycles. The van der Waals surface area contributed by atoms with Gasteiger partial charge in [-0.3, -0.25) is 0 Å². The van der Waals surface area contributed by atoms with Crippen molar-refractivity contribution in [2.75, 3.05) is 6.54 Å². The van der Waals surface area contributed by atoms with E-state index in [1.807, 2.05) is 6.92 Å². The maximum atomic E-state index is 12.6. The van der Waals surface area contributed by atoms with Gasteiger partial charge in [-0.15, -0.1) is 0 Å². The van der Waals surface area contributed by atoms with Crippen LogP contribution in [0.1, 0.15) is 50.0 Å². The van der Waals surface area contributed by atoms with Crippen molar-refractivity contribution >= 4 is 0 Å². The third-order valence-corrected chi connectivity index (χ3v) is 3.78. The van der Waals surface area contributed by atoms with E-state index in [4.69, 9.17) is 4.42 Å². The van der Waals surface area contributed by atoms with E-state index in [0.717, 1.165) is 18.0 Å². The van der Waals surface area contributed by atoms with Gasteiger partial charge in [0.05, 0.1) is 11.6 Å². The molecule has 0 saturated heterocycles. The van der Waals surface area contributed by atoms with E-state index in [2.05, 4.69) is 10.3 Å². The van der Waals surface area contributed by atoms with Crippen molar-refractivity contribution in [1.82, 2.24) is 10.3 Å². The van der Waals surface area contributed by atoms with Gasteiger partial charge in [-0.05, 0) is 32.2 Å². The average Bonchev–Trinajstić information content (AvgIpc) is 2.83. The monoisotopic (exact) mass is 276 g/mol. The molecule has 0 amide bonds. The van der Waals surface area contributed by atoms with Crippen LogP contribution < -0.4 is 5.32 Å². The molecular weight excluding hydrogens is 257 g/mol. The number of rotatable bonds is 4. The van der Waals surface area contributed by atoms with Gasteiger partial charge in [-0.25, -0.2) is 4.98 Å². The summed E-state index contributed by atoms with van der Waals surface area (Å²) in [5, 5.41) is 3.16. The van der Waals surface area contributed by atoms with Gasteiger partial charge in [0.25, 0.3) is 0 Å². The molecule has 1 N–H and O–H groups in total. The summed E-state index contributed by atoms with van der Waals surface area (Å²) in [5.74, 6) is -0.305. The lowest BCUT2D eigenvalue weighted by molar-refractivity contribution is -0.182. The number of hydrogen-bond donors (Lipinski definition) is 1. The largest absolute Gasteiger partial charge is 0.448 e. The molecule has 1 aliphatic carbocycles. The topological polar surface area (TPSA) is 38.1 Å². The number of oxazole rings is 1. The zero-order chi connectivity index (χ0) is 13.9. The maximum absolute atomic E-state index is 12.6. The van der Waals surface area contributed by atoms with Crippen LogP contribution in [-0.4, -0.2) is 17.7 Å². The molecule has 0 unspecified atom stereocenters. The second kappa shape index (κ2) is 5.94. The van der Waals surface area contributed by atoms with Crippen LogP contribution in [0.15, 0.2) is 10.8 Å². The molecule has 108 valence electrons. The lowest BCUT2D eigenvalue weighted by Gasteiger charge is -2.29. The van der Waals surface area contributed by atoms with E-state index in [0.29, 0.717) is 19.4 Å². The quantitative estimate of drug-likeness (QED) is 0.912. The van der Waals surface area contributed by atoms with Crippen molar-refractivity contribution in [2.45, 2.75) is 51.2 Å². The Hall–Kier alpha value is -1.04. The molecule has 1 saturated carbocycles. The molecule has 3 nitrogen and oxygen atoms in total. The molecule has 1 aromatic heterocycles. The molecule has 0 aliphatic heterocycles. The molecule has 1 aromatic rings. The van der Waals surface area contributed by atoms with E-state index in [9.17, 15) is 13.2 Å². The summed E-state index contributed by atoms with van der Waals surface area (Å²) in [6.45, 7) is 3.43. The van der Waals surface area contributed by atoms with Gasteiger partial charge in [0, 0.05) is 12.5 Å². The Kier molecular flexibility index (Phi) is 4.50. The number of halogens is 3. The van der Waals surface area contributed by atoms with Crippen molar-refractivity contribution in [1.29, 1.82) is 0 Å². The fourth-order valence-electron chi connectivity index (χ4n) is 2.67. The summed E-state index contributed by atoms with van der Waals surface area (Å²) in [6.07, 6.45) is -1.24. The van der Waals surface area contributed by atoms with Gasteiger partial charge in [0.15, 0.2) is 6.39 Å². The highest BCUT2D eigenvalue weighted by Gasteiger charge is 2.42. The highest BCUT2D eigenvalue weighted by Crippen LogP contribution is 2.43. The summed E-state index contributed by atoms with van der Waals surface area (Å²) in [4.78, 5) is 4.15. The second-order valence-electron chi connectivity index (χ2n) is 5.03. The fourth-order valence-corrected chi connectivity index (χ4v) is 2.67. The first-order chi connectivity index (χ1) is 9.02. The van der Waals surface area contributed by atoms with Gasteiger partial charge >= 0.3 is 6.18 Å². The van der Waals surface area contributed by atoms with Crippen molar-refractivity contribution in [3.05, 3.63) is 17.8 Å². The third-order valence-electron chi connectivity index (χ3n) is 3.78. The Balaban J connectivity index is 1.96. The molecule has 1 fully saturated rings. The minimum absolute atomic E-state index is 0.0785. The SMILES string of the molecule is CCNCc1ncoc1C1CCC(C(F)(F)F)CC1. The van der Waals surface area contributed by atoms with Crippen LogP contribution in [0.2, 0.25) is 0 Å². The van der Waals surface area contributed by atoms with Crippen LogP contribution >= 0.6 is 0 Å². The molecule has 0 radical (unpaired) electrons.